The molecule has 1 unspecified atom stereocenters. The fourth-order valence-corrected chi connectivity index (χ4v) is 1.51. The zero-order chi connectivity index (χ0) is 9.78. The smallest absolute Gasteiger partial charge is 0.0113 e. The Morgan fingerprint density at radius 3 is 1.83 bits per heavy atom. The second kappa shape index (κ2) is 4.86. The van der Waals surface area contributed by atoms with Crippen LogP contribution in [0.1, 0.15) is 47.5 Å². The molecule has 0 bridgehead atoms. The van der Waals surface area contributed by atoms with Crippen molar-refractivity contribution in [1.82, 2.24) is 5.32 Å². The number of nitrogens with one attached hydrogen (secondary N) is 1. The molecular weight excluding hydrogens is 146 g/mol. The maximum Gasteiger partial charge on any atom is 0.0113 e. The topological polar surface area (TPSA) is 12.0 Å². The molecule has 74 valence electrons. The Bertz CT molecular complexity index is 111. The first kappa shape index (κ1) is 12.0. The molecule has 0 rings (SSSR count). The number of rotatable bonds is 4. The maximum absolute atomic E-state index is 3.40. The third kappa shape index (κ3) is 4.76. The van der Waals surface area contributed by atoms with E-state index in [-0.39, 0.29) is 0 Å². The molecule has 0 fully saturated rings. The molecule has 12 heavy (non-hydrogen) atoms. The lowest BCUT2D eigenvalue weighted by atomic mass is 9.83. The molecule has 1 atom stereocenters. The SMILES string of the molecule is CNC(CCC(C)C)C(C)(C)C. The van der Waals surface area contributed by atoms with Crippen LogP contribution in [-0.4, -0.2) is 13.1 Å². The second-order valence-corrected chi connectivity index (χ2v) is 5.18. The zero-order valence-electron chi connectivity index (χ0n) is 9.57. The first-order valence-corrected chi connectivity index (χ1v) is 5.05. The van der Waals surface area contributed by atoms with E-state index < -0.39 is 0 Å². The van der Waals surface area contributed by atoms with Gasteiger partial charge in [-0.05, 0) is 31.2 Å². The van der Waals surface area contributed by atoms with Gasteiger partial charge in [-0.15, -0.1) is 0 Å². The van der Waals surface area contributed by atoms with Gasteiger partial charge in [-0.25, -0.2) is 0 Å². The van der Waals surface area contributed by atoms with Crippen molar-refractivity contribution in [3.8, 4) is 0 Å². The van der Waals surface area contributed by atoms with Gasteiger partial charge >= 0.3 is 0 Å². The van der Waals surface area contributed by atoms with Gasteiger partial charge in [-0.2, -0.15) is 0 Å². The first-order valence-electron chi connectivity index (χ1n) is 5.05. The van der Waals surface area contributed by atoms with Gasteiger partial charge in [0.25, 0.3) is 0 Å². The normalized spacial score (nSPS) is 15.2. The van der Waals surface area contributed by atoms with Gasteiger partial charge in [-0.1, -0.05) is 34.6 Å². The van der Waals surface area contributed by atoms with Crippen LogP contribution < -0.4 is 5.32 Å². The minimum Gasteiger partial charge on any atom is -0.316 e. The molecule has 0 aromatic carbocycles. The van der Waals surface area contributed by atoms with Crippen LogP contribution in [0.4, 0.5) is 0 Å². The Balaban J connectivity index is 3.84. The average molecular weight is 171 g/mol. The molecule has 0 aromatic heterocycles. The van der Waals surface area contributed by atoms with Gasteiger partial charge in [0.1, 0.15) is 0 Å². The van der Waals surface area contributed by atoms with Crippen LogP contribution in [0.2, 0.25) is 0 Å². The summed E-state index contributed by atoms with van der Waals surface area (Å²) in [6, 6.07) is 0.653. The molecule has 0 saturated carbocycles. The number of hydrogen-bond acceptors (Lipinski definition) is 1. The predicted octanol–water partition coefficient (Wildman–Crippen LogP) is 3.06. The van der Waals surface area contributed by atoms with Crippen molar-refractivity contribution in [2.24, 2.45) is 11.3 Å². The van der Waals surface area contributed by atoms with E-state index in [1.54, 1.807) is 0 Å². The summed E-state index contributed by atoms with van der Waals surface area (Å²) in [6.07, 6.45) is 2.61. The fraction of sp³-hybridized carbons (Fsp3) is 1.00. The van der Waals surface area contributed by atoms with E-state index in [1.807, 2.05) is 0 Å². The van der Waals surface area contributed by atoms with Crippen molar-refractivity contribution in [1.29, 1.82) is 0 Å². The van der Waals surface area contributed by atoms with Crippen molar-refractivity contribution in [3.63, 3.8) is 0 Å². The van der Waals surface area contributed by atoms with E-state index in [0.717, 1.165) is 5.92 Å². The lowest BCUT2D eigenvalue weighted by molar-refractivity contribution is 0.255. The molecule has 0 aromatic rings. The molecule has 0 aliphatic carbocycles. The van der Waals surface area contributed by atoms with Crippen LogP contribution >= 0.6 is 0 Å². The molecule has 0 saturated heterocycles. The van der Waals surface area contributed by atoms with Crippen molar-refractivity contribution < 1.29 is 0 Å². The Morgan fingerprint density at radius 1 is 1.08 bits per heavy atom. The van der Waals surface area contributed by atoms with Crippen molar-refractivity contribution in [2.45, 2.75) is 53.5 Å². The van der Waals surface area contributed by atoms with E-state index >= 15 is 0 Å². The van der Waals surface area contributed by atoms with Crippen LogP contribution in [0.5, 0.6) is 0 Å². The Morgan fingerprint density at radius 2 is 1.58 bits per heavy atom. The van der Waals surface area contributed by atoms with E-state index in [0.29, 0.717) is 11.5 Å². The van der Waals surface area contributed by atoms with Crippen LogP contribution in [0.3, 0.4) is 0 Å². The summed E-state index contributed by atoms with van der Waals surface area (Å²) in [5.74, 6) is 0.822. The van der Waals surface area contributed by atoms with Gasteiger partial charge in [0.15, 0.2) is 0 Å². The highest BCUT2D eigenvalue weighted by Crippen LogP contribution is 2.23. The molecule has 0 radical (unpaired) electrons. The summed E-state index contributed by atoms with van der Waals surface area (Å²) >= 11 is 0. The molecule has 1 N–H and O–H groups in total. The van der Waals surface area contributed by atoms with Gasteiger partial charge in [0, 0.05) is 6.04 Å². The van der Waals surface area contributed by atoms with Crippen molar-refractivity contribution in [2.75, 3.05) is 7.05 Å². The summed E-state index contributed by atoms with van der Waals surface area (Å²) in [5, 5.41) is 3.40. The highest BCUT2D eigenvalue weighted by molar-refractivity contribution is 4.79. The summed E-state index contributed by atoms with van der Waals surface area (Å²) in [6.45, 7) is 11.5. The average Bonchev–Trinajstić information content (AvgIpc) is 1.85. The Kier molecular flexibility index (Phi) is 4.84. The van der Waals surface area contributed by atoms with E-state index in [9.17, 15) is 0 Å². The minimum absolute atomic E-state index is 0.393. The summed E-state index contributed by atoms with van der Waals surface area (Å²) in [5.41, 5.74) is 0.393. The minimum atomic E-state index is 0.393. The fourth-order valence-electron chi connectivity index (χ4n) is 1.51. The van der Waals surface area contributed by atoms with E-state index in [2.05, 4.69) is 47.0 Å². The summed E-state index contributed by atoms with van der Waals surface area (Å²) in [7, 11) is 2.07. The van der Waals surface area contributed by atoms with Crippen LogP contribution in [0, 0.1) is 11.3 Å². The third-order valence-electron chi connectivity index (χ3n) is 2.43. The van der Waals surface area contributed by atoms with Crippen LogP contribution in [0.25, 0.3) is 0 Å². The molecule has 1 heteroatoms. The molecule has 0 heterocycles. The van der Waals surface area contributed by atoms with Gasteiger partial charge in [-0.3, -0.25) is 0 Å². The number of hydrogen-bond donors (Lipinski definition) is 1. The monoisotopic (exact) mass is 171 g/mol. The van der Waals surface area contributed by atoms with E-state index in [1.165, 1.54) is 12.8 Å². The van der Waals surface area contributed by atoms with Crippen LogP contribution in [0.15, 0.2) is 0 Å². The molecule has 0 aliphatic rings. The predicted molar refractivity (Wildman–Crippen MR) is 56.4 cm³/mol. The Labute approximate surface area is 77.9 Å². The Hall–Kier alpha value is -0.0400. The van der Waals surface area contributed by atoms with Crippen molar-refractivity contribution >= 4 is 0 Å². The third-order valence-corrected chi connectivity index (χ3v) is 2.43. The molecule has 1 nitrogen and oxygen atoms in total. The molecule has 0 spiro atoms. The molecular formula is C11H25N. The highest BCUT2D eigenvalue weighted by Gasteiger charge is 2.22. The van der Waals surface area contributed by atoms with E-state index in [4.69, 9.17) is 0 Å². The van der Waals surface area contributed by atoms with Gasteiger partial charge < -0.3 is 5.32 Å². The summed E-state index contributed by atoms with van der Waals surface area (Å²) in [4.78, 5) is 0. The first-order chi connectivity index (χ1) is 5.38. The standard InChI is InChI=1S/C11H25N/c1-9(2)7-8-10(12-6)11(3,4)5/h9-10,12H,7-8H2,1-6H3. The van der Waals surface area contributed by atoms with Gasteiger partial charge in [0.05, 0.1) is 0 Å². The van der Waals surface area contributed by atoms with Gasteiger partial charge in [0.2, 0.25) is 0 Å². The maximum atomic E-state index is 3.40. The quantitative estimate of drug-likeness (QED) is 0.685. The summed E-state index contributed by atoms with van der Waals surface area (Å²) < 4.78 is 0. The lowest BCUT2D eigenvalue weighted by Crippen LogP contribution is -2.38. The second-order valence-electron chi connectivity index (χ2n) is 5.18. The molecule has 0 aliphatic heterocycles. The largest absolute Gasteiger partial charge is 0.316 e. The van der Waals surface area contributed by atoms with Crippen molar-refractivity contribution in [3.05, 3.63) is 0 Å². The van der Waals surface area contributed by atoms with Crippen LogP contribution in [-0.2, 0) is 0 Å². The highest BCUT2D eigenvalue weighted by atomic mass is 14.9. The lowest BCUT2D eigenvalue weighted by Gasteiger charge is -2.30. The zero-order valence-corrected chi connectivity index (χ0v) is 9.57. The molecule has 0 amide bonds.